The summed E-state index contributed by atoms with van der Waals surface area (Å²) in [6.45, 7) is 3.36. The Balaban J connectivity index is 0.000000325. The van der Waals surface area contributed by atoms with Crippen molar-refractivity contribution < 1.29 is 28.2 Å². The zero-order valence-corrected chi connectivity index (χ0v) is 10.1. The lowest BCUT2D eigenvalue weighted by Gasteiger charge is -2.04. The van der Waals surface area contributed by atoms with E-state index in [1.807, 2.05) is 11.8 Å². The average molecular weight is 254 g/mol. The lowest BCUT2D eigenvalue weighted by atomic mass is 10.3. The minimum absolute atomic E-state index is 1.15. The molecule has 94 valence electrons. The zero-order valence-electron chi connectivity index (χ0n) is 9.24. The number of hydrogen-bond acceptors (Lipinski definition) is 3. The second kappa shape index (κ2) is 7.51. The van der Waals surface area contributed by atoms with Crippen LogP contribution in [0.4, 0.5) is 4.53 Å². The van der Waals surface area contributed by atoms with Gasteiger partial charge in [-0.3, -0.25) is 4.57 Å². The largest absolute Gasteiger partial charge is 0.754 e. The van der Waals surface area contributed by atoms with Gasteiger partial charge < -0.3 is 9.79 Å². The first kappa shape index (κ1) is 15.2. The predicted octanol–water partition coefficient (Wildman–Crippen LogP) is 0.461. The molecule has 1 rings (SSSR count). The summed E-state index contributed by atoms with van der Waals surface area (Å²) in [7, 11) is -3.02. The van der Waals surface area contributed by atoms with Crippen molar-refractivity contribution in [3.63, 3.8) is 0 Å². The normalized spacial score (nSPS) is 13.8. The van der Waals surface area contributed by atoms with Crippen molar-refractivity contribution in [3.05, 3.63) is 18.7 Å². The summed E-state index contributed by atoms with van der Waals surface area (Å²) in [5.41, 5.74) is 0. The van der Waals surface area contributed by atoms with Crippen LogP contribution in [0.5, 0.6) is 0 Å². The molecule has 0 saturated carbocycles. The molecule has 0 aliphatic rings. The molecule has 16 heavy (non-hydrogen) atoms. The minimum Gasteiger partial charge on any atom is -0.754 e. The van der Waals surface area contributed by atoms with E-state index in [2.05, 4.69) is 34.8 Å². The molecule has 1 atom stereocenters. The van der Waals surface area contributed by atoms with E-state index >= 15 is 0 Å². The molecular formula is C8H16FN2O4P. The van der Waals surface area contributed by atoms with Crippen molar-refractivity contribution >= 4 is 7.82 Å². The molecule has 0 saturated heterocycles. The van der Waals surface area contributed by atoms with Crippen molar-refractivity contribution in [2.24, 2.45) is 7.05 Å². The molecule has 0 spiro atoms. The maximum Gasteiger partial charge on any atom is 0.301 e. The third-order valence-corrected chi connectivity index (χ3v) is 1.86. The summed E-state index contributed by atoms with van der Waals surface area (Å²) in [5.74, 6) is 0. The molecule has 1 aromatic rings. The van der Waals surface area contributed by atoms with E-state index in [0.29, 0.717) is 0 Å². The molecule has 0 bridgehead atoms. The topological polar surface area (TPSA) is 78.4 Å². The molecule has 1 aromatic heterocycles. The van der Waals surface area contributed by atoms with Crippen molar-refractivity contribution in [2.45, 2.75) is 26.3 Å². The van der Waals surface area contributed by atoms with Gasteiger partial charge in [-0.05, 0) is 10.9 Å². The Bertz CT molecular complexity index is 339. The fourth-order valence-electron chi connectivity index (χ4n) is 0.975. The molecule has 1 heterocycles. The minimum atomic E-state index is -5.06. The smallest absolute Gasteiger partial charge is 0.301 e. The summed E-state index contributed by atoms with van der Waals surface area (Å²) in [6.07, 6.45) is 8.82. The summed E-state index contributed by atoms with van der Waals surface area (Å²) < 4.78 is 25.4. The standard InChI is InChI=1S/C8H15N2.FH2O4P/c1-3-4-5-10-7-6-9(2)8-10;1-5-6(2,3)4/h6-8H,3-5H2,1-2H3;(H2,2,3,4)/q+1;/p-1. The van der Waals surface area contributed by atoms with Crippen LogP contribution in [0.25, 0.3) is 0 Å². The van der Waals surface area contributed by atoms with Crippen LogP contribution in [0, 0.1) is 0 Å². The number of rotatable bonds is 4. The highest BCUT2D eigenvalue weighted by atomic mass is 31.2. The molecule has 0 aromatic carbocycles. The van der Waals surface area contributed by atoms with Gasteiger partial charge in [0.2, 0.25) is 6.33 Å². The zero-order chi connectivity index (χ0) is 12.6. The van der Waals surface area contributed by atoms with Gasteiger partial charge in [0.1, 0.15) is 12.4 Å². The molecule has 0 aliphatic heterocycles. The second-order valence-corrected chi connectivity index (χ2v) is 4.28. The fourth-order valence-corrected chi connectivity index (χ4v) is 0.975. The van der Waals surface area contributed by atoms with E-state index in [0.717, 1.165) is 6.54 Å². The molecule has 6 nitrogen and oxygen atoms in total. The molecule has 0 fully saturated rings. The van der Waals surface area contributed by atoms with Gasteiger partial charge in [0.15, 0.2) is 0 Å². The van der Waals surface area contributed by atoms with Gasteiger partial charge in [-0.15, -0.1) is 4.73 Å². The number of unbranched alkanes of at least 4 members (excludes halogenated alkanes) is 1. The van der Waals surface area contributed by atoms with Crippen molar-refractivity contribution in [1.29, 1.82) is 0 Å². The Morgan fingerprint density at radius 1 is 1.69 bits per heavy atom. The number of aryl methyl sites for hydroxylation is 2. The van der Waals surface area contributed by atoms with Gasteiger partial charge in [0.05, 0.1) is 13.6 Å². The van der Waals surface area contributed by atoms with Crippen molar-refractivity contribution in [3.8, 4) is 0 Å². The van der Waals surface area contributed by atoms with Crippen LogP contribution in [0.15, 0.2) is 18.7 Å². The molecule has 1 N–H and O–H groups in total. The quantitative estimate of drug-likeness (QED) is 0.625. The maximum absolute atomic E-state index is 10.2. The van der Waals surface area contributed by atoms with Gasteiger partial charge in [0, 0.05) is 0 Å². The monoisotopic (exact) mass is 254 g/mol. The van der Waals surface area contributed by atoms with E-state index in [1.165, 1.54) is 12.8 Å². The highest BCUT2D eigenvalue weighted by molar-refractivity contribution is 7.44. The van der Waals surface area contributed by atoms with E-state index in [1.54, 1.807) is 0 Å². The molecule has 1 unspecified atom stereocenters. The van der Waals surface area contributed by atoms with E-state index < -0.39 is 7.82 Å². The number of halogens is 1. The Labute approximate surface area is 93.4 Å². The third-order valence-electron chi connectivity index (χ3n) is 1.68. The molecule has 0 radical (unpaired) electrons. The van der Waals surface area contributed by atoms with E-state index in [-0.39, 0.29) is 0 Å². The highest BCUT2D eigenvalue weighted by Gasteiger charge is 1.97. The van der Waals surface area contributed by atoms with Crippen LogP contribution >= 0.6 is 7.82 Å². The predicted molar refractivity (Wildman–Crippen MR) is 52.5 cm³/mol. The van der Waals surface area contributed by atoms with Crippen LogP contribution in [0.2, 0.25) is 0 Å². The first-order chi connectivity index (χ1) is 7.39. The molecule has 0 aliphatic carbocycles. The Morgan fingerprint density at radius 2 is 2.25 bits per heavy atom. The van der Waals surface area contributed by atoms with Gasteiger partial charge >= 0.3 is 7.82 Å². The van der Waals surface area contributed by atoms with Crippen molar-refractivity contribution in [1.82, 2.24) is 4.57 Å². The Hall–Kier alpha value is -0.750. The maximum atomic E-state index is 10.2. The van der Waals surface area contributed by atoms with Gasteiger partial charge in [-0.25, -0.2) is 9.13 Å². The second-order valence-electron chi connectivity index (χ2n) is 3.21. The highest BCUT2D eigenvalue weighted by Crippen LogP contribution is 2.29. The third kappa shape index (κ3) is 8.55. The SMILES string of the molecule is CCCC[n+]1ccn(C)c1.O=P([O-])(O)OF. The molecule has 8 heteroatoms. The summed E-state index contributed by atoms with van der Waals surface area (Å²) in [5, 5.41) is 0. The summed E-state index contributed by atoms with van der Waals surface area (Å²) >= 11 is 0. The van der Waals surface area contributed by atoms with Crippen LogP contribution in [0.3, 0.4) is 0 Å². The molecule has 0 amide bonds. The number of phosphoric acid groups is 1. The Kier molecular flexibility index (Phi) is 7.16. The first-order valence-corrected chi connectivity index (χ1v) is 6.23. The van der Waals surface area contributed by atoms with E-state index in [9.17, 15) is 4.53 Å². The summed E-state index contributed by atoms with van der Waals surface area (Å²) in [4.78, 5) is 16.2. The Morgan fingerprint density at radius 3 is 2.56 bits per heavy atom. The number of hydrogen-bond donors (Lipinski definition) is 1. The lowest BCUT2D eigenvalue weighted by Crippen LogP contribution is -2.30. The number of imidazole rings is 1. The number of aromatic nitrogens is 2. The lowest BCUT2D eigenvalue weighted by molar-refractivity contribution is -0.696. The van der Waals surface area contributed by atoms with Crippen molar-refractivity contribution in [2.75, 3.05) is 0 Å². The number of nitrogens with zero attached hydrogens (tertiary/aromatic N) is 2. The van der Waals surface area contributed by atoms with Crippen LogP contribution in [0.1, 0.15) is 19.8 Å². The van der Waals surface area contributed by atoms with Gasteiger partial charge in [-0.2, -0.15) is 0 Å². The fraction of sp³-hybridized carbons (Fsp3) is 0.625. The first-order valence-electron chi connectivity index (χ1n) is 4.74. The van der Waals surface area contributed by atoms with Gasteiger partial charge in [0.25, 0.3) is 0 Å². The van der Waals surface area contributed by atoms with Crippen LogP contribution in [-0.2, 0) is 22.9 Å². The average Bonchev–Trinajstić information content (AvgIpc) is 2.61. The van der Waals surface area contributed by atoms with E-state index in [4.69, 9.17) is 14.4 Å². The van der Waals surface area contributed by atoms with Crippen LogP contribution in [-0.4, -0.2) is 9.46 Å². The molecular weight excluding hydrogens is 238 g/mol. The van der Waals surface area contributed by atoms with Crippen LogP contribution < -0.4 is 9.46 Å². The van der Waals surface area contributed by atoms with Gasteiger partial charge in [-0.1, -0.05) is 13.3 Å². The summed E-state index contributed by atoms with van der Waals surface area (Å²) in [6, 6.07) is 0.